The number of hydrogen-bond acceptors (Lipinski definition) is 2. The van der Waals surface area contributed by atoms with Crippen LogP contribution in [0.15, 0.2) is 0 Å². The van der Waals surface area contributed by atoms with Crippen LogP contribution in [0.25, 0.3) is 0 Å². The average Bonchev–Trinajstić information content (AvgIpc) is 2.29. The normalized spacial score (nSPS) is 10.4. The van der Waals surface area contributed by atoms with Crippen molar-refractivity contribution >= 4 is 5.91 Å². The van der Waals surface area contributed by atoms with E-state index >= 15 is 0 Å². The van der Waals surface area contributed by atoms with Gasteiger partial charge in [0.25, 0.3) is 0 Å². The third kappa shape index (κ3) is 7.69. The maximum atomic E-state index is 11.6. The largest absolute Gasteiger partial charge is 0.342 e. The summed E-state index contributed by atoms with van der Waals surface area (Å²) < 4.78 is 0. The maximum Gasteiger partial charge on any atom is 0.236 e. The van der Waals surface area contributed by atoms with Crippen LogP contribution in [0, 0.1) is 0 Å². The monoisotopic (exact) mass is 228 g/mol. The SMILES string of the molecule is CCCCCCCNCC(=O)N(CC)CC. The molecule has 96 valence electrons. The first-order valence-corrected chi connectivity index (χ1v) is 6.74. The number of unbranched alkanes of at least 4 members (excludes halogenated alkanes) is 4. The van der Waals surface area contributed by atoms with Gasteiger partial charge in [-0.15, -0.1) is 0 Å². The second-order valence-electron chi connectivity index (χ2n) is 4.16. The Morgan fingerprint density at radius 3 is 2.19 bits per heavy atom. The zero-order valence-electron chi connectivity index (χ0n) is 11.2. The molecular formula is C13H28N2O. The van der Waals surface area contributed by atoms with E-state index in [0.717, 1.165) is 19.6 Å². The Kier molecular flexibility index (Phi) is 10.5. The van der Waals surface area contributed by atoms with Gasteiger partial charge in [0.05, 0.1) is 6.54 Å². The zero-order chi connectivity index (χ0) is 12.2. The fraction of sp³-hybridized carbons (Fsp3) is 0.923. The summed E-state index contributed by atoms with van der Waals surface area (Å²) in [7, 11) is 0. The minimum Gasteiger partial charge on any atom is -0.342 e. The molecule has 0 aliphatic heterocycles. The van der Waals surface area contributed by atoms with Gasteiger partial charge in [0.1, 0.15) is 0 Å². The van der Waals surface area contributed by atoms with E-state index in [1.165, 1.54) is 32.1 Å². The molecule has 1 amide bonds. The number of carbonyl (C=O) groups is 1. The molecule has 0 heterocycles. The van der Waals surface area contributed by atoms with Crippen LogP contribution in [-0.4, -0.2) is 37.0 Å². The molecule has 0 aromatic rings. The van der Waals surface area contributed by atoms with Crippen molar-refractivity contribution in [2.24, 2.45) is 0 Å². The summed E-state index contributed by atoms with van der Waals surface area (Å²) in [6.45, 7) is 9.35. The van der Waals surface area contributed by atoms with Crippen molar-refractivity contribution in [3.8, 4) is 0 Å². The van der Waals surface area contributed by atoms with Gasteiger partial charge < -0.3 is 10.2 Å². The third-order valence-electron chi connectivity index (χ3n) is 2.85. The molecule has 3 nitrogen and oxygen atoms in total. The molecule has 0 radical (unpaired) electrons. The number of hydrogen-bond donors (Lipinski definition) is 1. The van der Waals surface area contributed by atoms with E-state index in [-0.39, 0.29) is 5.91 Å². The number of nitrogens with zero attached hydrogens (tertiary/aromatic N) is 1. The van der Waals surface area contributed by atoms with Crippen molar-refractivity contribution in [3.05, 3.63) is 0 Å². The topological polar surface area (TPSA) is 32.3 Å². The van der Waals surface area contributed by atoms with Crippen molar-refractivity contribution in [2.45, 2.75) is 52.9 Å². The van der Waals surface area contributed by atoms with Crippen molar-refractivity contribution in [1.29, 1.82) is 0 Å². The smallest absolute Gasteiger partial charge is 0.236 e. The highest BCUT2D eigenvalue weighted by molar-refractivity contribution is 5.78. The molecule has 0 saturated heterocycles. The van der Waals surface area contributed by atoms with E-state index in [1.54, 1.807) is 0 Å². The van der Waals surface area contributed by atoms with Crippen LogP contribution in [0.3, 0.4) is 0 Å². The first kappa shape index (κ1) is 15.4. The Hall–Kier alpha value is -0.570. The standard InChI is InChI=1S/C13H28N2O/c1-4-7-8-9-10-11-14-12-13(16)15(5-2)6-3/h14H,4-12H2,1-3H3. The molecule has 0 fully saturated rings. The minimum absolute atomic E-state index is 0.221. The quantitative estimate of drug-likeness (QED) is 0.582. The lowest BCUT2D eigenvalue weighted by Crippen LogP contribution is -2.38. The second-order valence-corrected chi connectivity index (χ2v) is 4.16. The van der Waals surface area contributed by atoms with Crippen LogP contribution >= 0.6 is 0 Å². The molecule has 0 spiro atoms. The number of carbonyl (C=O) groups excluding carboxylic acids is 1. The Bertz CT molecular complexity index is 167. The Labute approximate surface area is 101 Å². The van der Waals surface area contributed by atoms with Gasteiger partial charge in [-0.25, -0.2) is 0 Å². The summed E-state index contributed by atoms with van der Waals surface area (Å²) >= 11 is 0. The van der Waals surface area contributed by atoms with Crippen molar-refractivity contribution < 1.29 is 4.79 Å². The molecule has 0 unspecified atom stereocenters. The average molecular weight is 228 g/mol. The second kappa shape index (κ2) is 10.9. The lowest BCUT2D eigenvalue weighted by atomic mass is 10.1. The number of rotatable bonds is 10. The number of likely N-dealkylation sites (N-methyl/N-ethyl adjacent to an activating group) is 1. The summed E-state index contributed by atoms with van der Waals surface area (Å²) in [4.78, 5) is 13.5. The summed E-state index contributed by atoms with van der Waals surface area (Å²) in [5, 5.41) is 3.22. The van der Waals surface area contributed by atoms with Gasteiger partial charge in [-0.3, -0.25) is 4.79 Å². The Morgan fingerprint density at radius 1 is 1.00 bits per heavy atom. The van der Waals surface area contributed by atoms with E-state index in [2.05, 4.69) is 12.2 Å². The first-order chi connectivity index (χ1) is 7.76. The molecule has 0 atom stereocenters. The number of amides is 1. The summed E-state index contributed by atoms with van der Waals surface area (Å²) in [6.07, 6.45) is 6.40. The predicted molar refractivity (Wildman–Crippen MR) is 69.6 cm³/mol. The van der Waals surface area contributed by atoms with E-state index in [1.807, 2.05) is 18.7 Å². The molecule has 3 heteroatoms. The van der Waals surface area contributed by atoms with Gasteiger partial charge in [-0.1, -0.05) is 32.6 Å². The molecule has 0 aliphatic rings. The maximum absolute atomic E-state index is 11.6. The first-order valence-electron chi connectivity index (χ1n) is 6.74. The van der Waals surface area contributed by atoms with Crippen molar-refractivity contribution in [2.75, 3.05) is 26.2 Å². The highest BCUT2D eigenvalue weighted by atomic mass is 16.2. The summed E-state index contributed by atoms with van der Waals surface area (Å²) in [5.41, 5.74) is 0. The van der Waals surface area contributed by atoms with Gasteiger partial charge in [0.15, 0.2) is 0 Å². The zero-order valence-corrected chi connectivity index (χ0v) is 11.2. The molecule has 1 N–H and O–H groups in total. The molecule has 16 heavy (non-hydrogen) atoms. The van der Waals surface area contributed by atoms with Crippen LogP contribution in [0.1, 0.15) is 52.9 Å². The molecule has 0 aliphatic carbocycles. The third-order valence-corrected chi connectivity index (χ3v) is 2.85. The van der Waals surface area contributed by atoms with Crippen molar-refractivity contribution in [1.82, 2.24) is 10.2 Å². The highest BCUT2D eigenvalue weighted by Crippen LogP contribution is 2.00. The van der Waals surface area contributed by atoms with Crippen LogP contribution in [0.4, 0.5) is 0 Å². The molecule has 0 bridgehead atoms. The lowest BCUT2D eigenvalue weighted by Gasteiger charge is -2.18. The Morgan fingerprint density at radius 2 is 1.62 bits per heavy atom. The number of nitrogens with one attached hydrogen (secondary N) is 1. The van der Waals surface area contributed by atoms with Gasteiger partial charge in [-0.2, -0.15) is 0 Å². The molecule has 0 aromatic carbocycles. The van der Waals surface area contributed by atoms with Gasteiger partial charge in [-0.05, 0) is 26.8 Å². The van der Waals surface area contributed by atoms with Crippen LogP contribution in [-0.2, 0) is 4.79 Å². The highest BCUT2D eigenvalue weighted by Gasteiger charge is 2.07. The molecule has 0 saturated carbocycles. The summed E-state index contributed by atoms with van der Waals surface area (Å²) in [5.74, 6) is 0.221. The lowest BCUT2D eigenvalue weighted by molar-refractivity contribution is -0.129. The van der Waals surface area contributed by atoms with Crippen molar-refractivity contribution in [3.63, 3.8) is 0 Å². The van der Waals surface area contributed by atoms with Crippen LogP contribution in [0.5, 0.6) is 0 Å². The van der Waals surface area contributed by atoms with Crippen LogP contribution < -0.4 is 5.32 Å². The van der Waals surface area contributed by atoms with E-state index in [4.69, 9.17) is 0 Å². The fourth-order valence-corrected chi connectivity index (χ4v) is 1.74. The van der Waals surface area contributed by atoms with E-state index in [9.17, 15) is 4.79 Å². The molecule has 0 aromatic heterocycles. The van der Waals surface area contributed by atoms with Gasteiger partial charge >= 0.3 is 0 Å². The van der Waals surface area contributed by atoms with E-state index < -0.39 is 0 Å². The minimum atomic E-state index is 0.221. The predicted octanol–water partition coefficient (Wildman–Crippen LogP) is 2.41. The fourth-order valence-electron chi connectivity index (χ4n) is 1.74. The van der Waals surface area contributed by atoms with Gasteiger partial charge in [0.2, 0.25) is 5.91 Å². The Balaban J connectivity index is 3.33. The van der Waals surface area contributed by atoms with E-state index in [0.29, 0.717) is 6.54 Å². The molecule has 0 rings (SSSR count). The molecular weight excluding hydrogens is 200 g/mol. The van der Waals surface area contributed by atoms with Gasteiger partial charge in [0, 0.05) is 13.1 Å². The summed E-state index contributed by atoms with van der Waals surface area (Å²) in [6, 6.07) is 0. The van der Waals surface area contributed by atoms with Crippen LogP contribution in [0.2, 0.25) is 0 Å².